The molecule has 7 rings (SSSR count). The van der Waals surface area contributed by atoms with Crippen LogP contribution < -0.4 is 10.7 Å². The van der Waals surface area contributed by atoms with Gasteiger partial charge in [-0.3, -0.25) is 29.2 Å². The average molecular weight is 1080 g/mol. The number of hydrogen-bond donors (Lipinski definition) is 2. The summed E-state index contributed by atoms with van der Waals surface area (Å²) >= 11 is 1.40. The smallest absolute Gasteiger partial charge is 0.324 e. The summed E-state index contributed by atoms with van der Waals surface area (Å²) in [6, 6.07) is 6.82. The Kier molecular flexibility index (Phi) is 21.8. The van der Waals surface area contributed by atoms with Gasteiger partial charge in [0, 0.05) is 92.8 Å². The lowest BCUT2D eigenvalue weighted by Crippen LogP contribution is -2.65. The number of fused-ring (bicyclic) bond motifs is 6. The zero-order valence-electron chi connectivity index (χ0n) is 42.4. The van der Waals surface area contributed by atoms with E-state index in [-0.39, 0.29) is 96.7 Å². The Labute approximate surface area is 449 Å². The first-order valence-corrected chi connectivity index (χ1v) is 23.9. The van der Waals surface area contributed by atoms with E-state index in [1.807, 2.05) is 32.2 Å². The van der Waals surface area contributed by atoms with Crippen LogP contribution in [-0.2, 0) is 52.8 Å². The number of thiazole rings is 1. The minimum absolute atomic E-state index is 0. The molecule has 3 aliphatic rings. The molecule has 2 fully saturated rings. The second kappa shape index (κ2) is 25.5. The number of rotatable bonds is 11. The Morgan fingerprint density at radius 1 is 1.07 bits per heavy atom. The van der Waals surface area contributed by atoms with Crippen LogP contribution in [0.5, 0.6) is 0 Å². The number of likely N-dealkylation sites (N-methyl/N-ethyl adjacent to an activating group) is 2. The fourth-order valence-corrected chi connectivity index (χ4v) is 10.3. The molecule has 17 nitrogen and oxygen atoms in total. The maximum Gasteiger partial charge on any atom is 0.324 e. The molecule has 3 aliphatic heterocycles. The van der Waals surface area contributed by atoms with E-state index >= 15 is 0 Å². The highest BCUT2D eigenvalue weighted by Crippen LogP contribution is 2.42. The van der Waals surface area contributed by atoms with Crippen LogP contribution in [0.3, 0.4) is 0 Å². The summed E-state index contributed by atoms with van der Waals surface area (Å²) in [5.41, 5.74) is 9.20. The van der Waals surface area contributed by atoms with Gasteiger partial charge in [-0.2, -0.15) is 54.0 Å². The molecule has 4 atom stereocenters. The third-order valence-corrected chi connectivity index (χ3v) is 14.1. The van der Waals surface area contributed by atoms with Crippen molar-refractivity contribution in [2.75, 3.05) is 54.6 Å². The van der Waals surface area contributed by atoms with Crippen LogP contribution >= 0.6 is 65.3 Å². The van der Waals surface area contributed by atoms with Crippen LogP contribution in [0.2, 0.25) is 0 Å². The lowest BCUT2D eigenvalue weighted by atomic mass is 9.84. The third-order valence-electron chi connectivity index (χ3n) is 13.3. The highest BCUT2D eigenvalue weighted by molar-refractivity contribution is 7.59. The number of carbonyl (C=O) groups is 5. The van der Waals surface area contributed by atoms with Gasteiger partial charge in [-0.25, -0.2) is 15.2 Å². The molecule has 0 saturated carbocycles. The van der Waals surface area contributed by atoms with Crippen molar-refractivity contribution in [3.8, 4) is 22.5 Å². The normalized spacial score (nSPS) is 18.7. The van der Waals surface area contributed by atoms with E-state index < -0.39 is 47.4 Å². The van der Waals surface area contributed by atoms with Crippen molar-refractivity contribution in [2.45, 2.75) is 104 Å². The van der Waals surface area contributed by atoms with Crippen LogP contribution in [0, 0.1) is 11.3 Å². The summed E-state index contributed by atoms with van der Waals surface area (Å²) < 4.78 is 19.2. The molecule has 6 heterocycles. The number of carbonyl (C=O) groups excluding carboxylic acids is 5. The van der Waals surface area contributed by atoms with E-state index in [1.54, 1.807) is 32.3 Å². The fourth-order valence-electron chi connectivity index (χ4n) is 9.40. The number of benzene rings is 1. The summed E-state index contributed by atoms with van der Waals surface area (Å²) in [5, 5.41) is 8.04. The molecule has 0 aliphatic carbocycles. The van der Waals surface area contributed by atoms with Gasteiger partial charge in [0.05, 0.1) is 48.0 Å². The van der Waals surface area contributed by atoms with Gasteiger partial charge in [-0.05, 0) is 68.9 Å². The first kappa shape index (κ1) is 60.9. The standard InChI is InChI=1S/C49H65N9O8S.4H2S/c1-12-57-39-18-17-31-21-34(39)35(43(57)33-15-13-19-50-41(33)29(4)64-10)23-49(6,7)27-66-47(62)36-16-14-20-58(53-36)46(61)37(22-40-51-38(31)26-67-40)52-44(59)42(28(2)3)55(9)48(63)54(8)32-24-56(25-32)45(60)30(5)65-11;;;;/h13,15,17-19,21,26,28-29,32,36-37,42,53H,5,12,14,16,20,22-25,27H2,1-4,6-11H3,(H,52,59);4*1H2/t29-,36-,37-,42-;;;;/m0..../s1. The van der Waals surface area contributed by atoms with Gasteiger partial charge >= 0.3 is 12.0 Å². The third kappa shape index (κ3) is 12.8. The van der Waals surface area contributed by atoms with E-state index in [4.69, 9.17) is 24.2 Å². The molecule has 392 valence electrons. The Balaban J connectivity index is 0.00000333. The molecule has 5 amide bonds. The predicted octanol–water partition coefficient (Wildman–Crippen LogP) is 6.03. The van der Waals surface area contributed by atoms with Crippen molar-refractivity contribution in [2.24, 2.45) is 11.3 Å². The zero-order chi connectivity index (χ0) is 48.5. The van der Waals surface area contributed by atoms with Crippen LogP contribution in [0.15, 0.2) is 54.2 Å². The molecule has 2 N–H and O–H groups in total. The molecule has 6 bridgehead atoms. The monoisotopic (exact) mass is 1080 g/mol. The zero-order valence-corrected chi connectivity index (χ0v) is 47.2. The number of amides is 5. The van der Waals surface area contributed by atoms with Gasteiger partial charge in [0.1, 0.15) is 18.1 Å². The topological polar surface area (TPSA) is 181 Å². The molecule has 22 heteroatoms. The second-order valence-electron chi connectivity index (χ2n) is 19.0. The Morgan fingerprint density at radius 3 is 2.42 bits per heavy atom. The van der Waals surface area contributed by atoms with Crippen LogP contribution in [0.25, 0.3) is 33.4 Å². The Hall–Kier alpha value is -4.45. The number of urea groups is 1. The number of likely N-dealkylation sites (tertiary alicyclic amines) is 1. The largest absolute Gasteiger partial charge is 0.492 e. The Bertz CT molecular complexity index is 2550. The van der Waals surface area contributed by atoms with E-state index in [2.05, 4.69) is 66.9 Å². The number of nitrogens with zero attached hydrogens (tertiary/aromatic N) is 7. The van der Waals surface area contributed by atoms with Crippen molar-refractivity contribution < 1.29 is 38.2 Å². The highest BCUT2D eigenvalue weighted by atomic mass is 32.1. The van der Waals surface area contributed by atoms with Gasteiger partial charge in [0.2, 0.25) is 5.91 Å². The highest BCUT2D eigenvalue weighted by Gasteiger charge is 2.42. The first-order valence-electron chi connectivity index (χ1n) is 23.0. The molecule has 4 aromatic rings. The average Bonchev–Trinajstić information content (AvgIpc) is 3.89. The molecule has 0 spiro atoms. The molecule has 71 heavy (non-hydrogen) atoms. The predicted molar refractivity (Wildman–Crippen MR) is 297 cm³/mol. The summed E-state index contributed by atoms with van der Waals surface area (Å²) in [4.78, 5) is 83.8. The maximum atomic E-state index is 14.6. The number of esters is 1. The number of hydrazine groups is 1. The van der Waals surface area contributed by atoms with Gasteiger partial charge in [-0.15, -0.1) is 11.3 Å². The molecular weight excluding hydrogens is 1000 g/mol. The van der Waals surface area contributed by atoms with Crippen LogP contribution in [0.1, 0.15) is 76.8 Å². The van der Waals surface area contributed by atoms with Crippen molar-refractivity contribution in [1.29, 1.82) is 0 Å². The number of ether oxygens (including phenoxy) is 3. The minimum atomic E-state index is -1.10. The van der Waals surface area contributed by atoms with E-state index in [0.29, 0.717) is 50.4 Å². The Morgan fingerprint density at radius 2 is 1.77 bits per heavy atom. The van der Waals surface area contributed by atoms with Gasteiger partial charge < -0.3 is 38.8 Å². The van der Waals surface area contributed by atoms with Crippen LogP contribution in [0.4, 0.5) is 4.79 Å². The number of cyclic esters (lactones) is 1. The minimum Gasteiger partial charge on any atom is -0.492 e. The molecule has 1 aromatic carbocycles. The number of aromatic nitrogens is 3. The van der Waals surface area contributed by atoms with Crippen molar-refractivity contribution >= 4 is 106 Å². The van der Waals surface area contributed by atoms with Crippen molar-refractivity contribution in [3.63, 3.8) is 0 Å². The SMILES string of the molecule is C=C(OC)C(=O)N1CC(N(C)C(=O)N(C)[C@H](C(=O)N[C@H]2Cc3nc(cs3)-c3ccc4c(c3)c(c(-c3cccnc3[C@H](C)OC)n4CC)CC(C)(C)COC(=O)[C@@H]3CCCN(N3)C2=O)C(C)C)C1.S.S.S.S. The van der Waals surface area contributed by atoms with E-state index in [1.165, 1.54) is 33.3 Å². The maximum absolute atomic E-state index is 14.6. The van der Waals surface area contributed by atoms with Gasteiger partial charge in [0.15, 0.2) is 5.76 Å². The molecular formula is C49H73N9O8S5. The molecule has 3 aromatic heterocycles. The number of pyridine rings is 1. The summed E-state index contributed by atoms with van der Waals surface area (Å²) in [6.45, 7) is 17.3. The van der Waals surface area contributed by atoms with Gasteiger partial charge in [0.25, 0.3) is 11.8 Å². The summed E-state index contributed by atoms with van der Waals surface area (Å²) in [6.07, 6.45) is 3.14. The molecule has 0 unspecified atom stereocenters. The number of methoxy groups -OCH3 is 2. The number of nitrogens with one attached hydrogen (secondary N) is 2. The van der Waals surface area contributed by atoms with Crippen molar-refractivity contribution in [1.82, 2.24) is 45.0 Å². The second-order valence-corrected chi connectivity index (χ2v) is 19.9. The number of aryl methyl sites for hydroxylation is 1. The lowest BCUT2D eigenvalue weighted by Gasteiger charge is -2.45. The summed E-state index contributed by atoms with van der Waals surface area (Å²) in [5.74, 6) is -2.09. The van der Waals surface area contributed by atoms with E-state index in [9.17, 15) is 24.0 Å². The fraction of sp³-hybridized carbons (Fsp3) is 0.531. The van der Waals surface area contributed by atoms with Crippen molar-refractivity contribution in [3.05, 3.63) is 70.5 Å². The van der Waals surface area contributed by atoms with Crippen LogP contribution in [-0.4, -0.2) is 143 Å². The quantitative estimate of drug-likeness (QED) is 0.102. The van der Waals surface area contributed by atoms with Gasteiger partial charge in [-0.1, -0.05) is 40.3 Å². The number of hydrogen-bond acceptors (Lipinski definition) is 12. The van der Waals surface area contributed by atoms with E-state index in [0.717, 1.165) is 44.7 Å². The first-order chi connectivity index (χ1) is 31.9. The lowest BCUT2D eigenvalue weighted by molar-refractivity contribution is -0.155. The summed E-state index contributed by atoms with van der Waals surface area (Å²) in [7, 11) is 6.27. The molecule has 0 radical (unpaired) electrons. The molecule has 2 saturated heterocycles.